The first kappa shape index (κ1) is 11.6. The molecule has 1 fully saturated rings. The minimum Gasteiger partial charge on any atom is -0.327 e. The Kier molecular flexibility index (Phi) is 5.66. The van der Waals surface area contributed by atoms with Gasteiger partial charge in [-0.05, 0) is 45.8 Å². The first-order chi connectivity index (χ1) is 6.83. The molecule has 0 amide bonds. The number of piperidine rings is 1. The quantitative estimate of drug-likeness (QED) is 0.689. The first-order valence-corrected chi connectivity index (χ1v) is 5.70. The fourth-order valence-corrected chi connectivity index (χ4v) is 1.87. The van der Waals surface area contributed by atoms with Gasteiger partial charge in [0.2, 0.25) is 0 Å². The maximum atomic E-state index is 5.95. The van der Waals surface area contributed by atoms with Crippen molar-refractivity contribution in [2.24, 2.45) is 5.73 Å². The van der Waals surface area contributed by atoms with E-state index in [9.17, 15) is 0 Å². The Morgan fingerprint density at radius 2 is 2.00 bits per heavy atom. The van der Waals surface area contributed by atoms with E-state index in [0.29, 0.717) is 0 Å². The number of rotatable bonds is 4. The van der Waals surface area contributed by atoms with E-state index in [2.05, 4.69) is 16.7 Å². The summed E-state index contributed by atoms with van der Waals surface area (Å²) in [5.41, 5.74) is 5.95. The van der Waals surface area contributed by atoms with Crippen LogP contribution in [0.3, 0.4) is 0 Å². The van der Waals surface area contributed by atoms with Crippen LogP contribution in [0.5, 0.6) is 0 Å². The molecule has 2 nitrogen and oxygen atoms in total. The number of likely N-dealkylation sites (tertiary alicyclic amines) is 1. The van der Waals surface area contributed by atoms with Crippen molar-refractivity contribution < 1.29 is 0 Å². The first-order valence-electron chi connectivity index (χ1n) is 5.70. The van der Waals surface area contributed by atoms with Gasteiger partial charge >= 0.3 is 0 Å². The summed E-state index contributed by atoms with van der Waals surface area (Å²) in [5.74, 6) is 5.94. The van der Waals surface area contributed by atoms with E-state index in [1.165, 1.54) is 32.4 Å². The highest BCUT2D eigenvalue weighted by Crippen LogP contribution is 2.09. The molecule has 0 aliphatic carbocycles. The lowest BCUT2D eigenvalue weighted by Crippen LogP contribution is -2.34. The van der Waals surface area contributed by atoms with Gasteiger partial charge in [-0.1, -0.05) is 6.42 Å². The van der Waals surface area contributed by atoms with Gasteiger partial charge in [0.25, 0.3) is 0 Å². The number of hydrogen-bond acceptors (Lipinski definition) is 2. The second-order valence-electron chi connectivity index (χ2n) is 4.08. The summed E-state index contributed by atoms with van der Waals surface area (Å²) >= 11 is 0. The molecule has 1 unspecified atom stereocenters. The molecule has 1 rings (SSSR count). The predicted octanol–water partition coefficient (Wildman–Crippen LogP) is 1.60. The Hall–Kier alpha value is -0.520. The van der Waals surface area contributed by atoms with Crippen LogP contribution in [0, 0.1) is 11.8 Å². The third-order valence-electron chi connectivity index (χ3n) is 2.81. The zero-order valence-corrected chi connectivity index (χ0v) is 9.26. The van der Waals surface area contributed by atoms with Crippen molar-refractivity contribution in [2.45, 2.75) is 45.1 Å². The van der Waals surface area contributed by atoms with Crippen LogP contribution in [-0.2, 0) is 0 Å². The van der Waals surface area contributed by atoms with Gasteiger partial charge in [0.15, 0.2) is 0 Å². The summed E-state index contributed by atoms with van der Waals surface area (Å²) in [7, 11) is 0. The van der Waals surface area contributed by atoms with Crippen molar-refractivity contribution in [2.75, 3.05) is 19.6 Å². The highest BCUT2D eigenvalue weighted by molar-refractivity contribution is 4.97. The standard InChI is InChI=1S/C12H22N2/c1-2-3-7-12(13)8-11-14-9-5-4-6-10-14/h12H,4-11,13H2,1H3. The third-order valence-corrected chi connectivity index (χ3v) is 2.81. The Balaban J connectivity index is 2.08. The molecule has 0 radical (unpaired) electrons. The van der Waals surface area contributed by atoms with Crippen molar-refractivity contribution in [3.8, 4) is 11.8 Å². The molecule has 0 bridgehead atoms. The molecular formula is C12H22N2. The van der Waals surface area contributed by atoms with Crippen LogP contribution in [0.1, 0.15) is 39.0 Å². The summed E-state index contributed by atoms with van der Waals surface area (Å²) in [5, 5.41) is 0. The molecule has 14 heavy (non-hydrogen) atoms. The molecule has 1 saturated heterocycles. The summed E-state index contributed by atoms with van der Waals surface area (Å²) in [6.07, 6.45) is 6.08. The van der Waals surface area contributed by atoms with Crippen molar-refractivity contribution in [1.82, 2.24) is 4.90 Å². The van der Waals surface area contributed by atoms with Gasteiger partial charge in [0.1, 0.15) is 0 Å². The van der Waals surface area contributed by atoms with Crippen molar-refractivity contribution in [3.63, 3.8) is 0 Å². The average molecular weight is 194 g/mol. The summed E-state index contributed by atoms with van der Waals surface area (Å²) in [4.78, 5) is 2.53. The molecule has 0 saturated carbocycles. The van der Waals surface area contributed by atoms with E-state index in [0.717, 1.165) is 19.4 Å². The highest BCUT2D eigenvalue weighted by atomic mass is 15.1. The maximum absolute atomic E-state index is 5.95. The van der Waals surface area contributed by atoms with Gasteiger partial charge in [-0.25, -0.2) is 0 Å². The van der Waals surface area contributed by atoms with E-state index in [4.69, 9.17) is 5.73 Å². The third kappa shape index (κ3) is 4.64. The van der Waals surface area contributed by atoms with Crippen LogP contribution in [-0.4, -0.2) is 30.6 Å². The minimum absolute atomic E-state index is 0.268. The van der Waals surface area contributed by atoms with E-state index in [1.807, 2.05) is 6.92 Å². The van der Waals surface area contributed by atoms with E-state index < -0.39 is 0 Å². The molecule has 1 atom stereocenters. The molecule has 0 aromatic heterocycles. The molecule has 1 aliphatic rings. The van der Waals surface area contributed by atoms with Gasteiger partial charge in [-0.3, -0.25) is 0 Å². The highest BCUT2D eigenvalue weighted by Gasteiger charge is 2.10. The fraction of sp³-hybridized carbons (Fsp3) is 0.833. The van der Waals surface area contributed by atoms with Gasteiger partial charge in [0.05, 0.1) is 0 Å². The lowest BCUT2D eigenvalue weighted by atomic mass is 10.1. The van der Waals surface area contributed by atoms with Crippen LogP contribution >= 0.6 is 0 Å². The molecule has 1 heterocycles. The normalized spacial score (nSPS) is 19.9. The average Bonchev–Trinajstić information content (AvgIpc) is 2.25. The van der Waals surface area contributed by atoms with Crippen LogP contribution < -0.4 is 5.73 Å². The number of hydrogen-bond donors (Lipinski definition) is 1. The van der Waals surface area contributed by atoms with Crippen LogP contribution in [0.25, 0.3) is 0 Å². The molecule has 1 aliphatic heterocycles. The van der Waals surface area contributed by atoms with E-state index >= 15 is 0 Å². The van der Waals surface area contributed by atoms with E-state index in [-0.39, 0.29) is 6.04 Å². The number of nitrogens with zero attached hydrogens (tertiary/aromatic N) is 1. The second kappa shape index (κ2) is 6.86. The fourth-order valence-electron chi connectivity index (χ4n) is 1.87. The lowest BCUT2D eigenvalue weighted by molar-refractivity contribution is 0.221. The van der Waals surface area contributed by atoms with E-state index in [1.54, 1.807) is 0 Å². The molecular weight excluding hydrogens is 172 g/mol. The van der Waals surface area contributed by atoms with Crippen molar-refractivity contribution >= 4 is 0 Å². The zero-order chi connectivity index (χ0) is 10.2. The van der Waals surface area contributed by atoms with Crippen molar-refractivity contribution in [1.29, 1.82) is 0 Å². The molecule has 0 spiro atoms. The SMILES string of the molecule is CC#CCC(N)CCN1CCCCC1. The Morgan fingerprint density at radius 1 is 1.29 bits per heavy atom. The molecule has 0 aromatic rings. The predicted molar refractivity (Wildman–Crippen MR) is 61.0 cm³/mol. The van der Waals surface area contributed by atoms with Crippen LogP contribution in [0.4, 0.5) is 0 Å². The summed E-state index contributed by atoms with van der Waals surface area (Å²) < 4.78 is 0. The van der Waals surface area contributed by atoms with Gasteiger partial charge < -0.3 is 10.6 Å². The van der Waals surface area contributed by atoms with Gasteiger partial charge in [-0.15, -0.1) is 11.8 Å². The Labute approximate surface area is 87.8 Å². The molecule has 0 aromatic carbocycles. The smallest absolute Gasteiger partial charge is 0.0241 e. The minimum atomic E-state index is 0.268. The monoisotopic (exact) mass is 194 g/mol. The molecule has 2 heteroatoms. The Morgan fingerprint density at radius 3 is 2.64 bits per heavy atom. The van der Waals surface area contributed by atoms with Gasteiger partial charge in [-0.2, -0.15) is 0 Å². The Bertz CT molecular complexity index is 196. The molecule has 80 valence electrons. The maximum Gasteiger partial charge on any atom is 0.0241 e. The van der Waals surface area contributed by atoms with Gasteiger partial charge in [0, 0.05) is 12.5 Å². The topological polar surface area (TPSA) is 29.3 Å². The van der Waals surface area contributed by atoms with Crippen LogP contribution in [0.2, 0.25) is 0 Å². The summed E-state index contributed by atoms with van der Waals surface area (Å²) in [6, 6.07) is 0.268. The molecule has 2 N–H and O–H groups in total. The number of nitrogens with two attached hydrogens (primary N) is 1. The largest absolute Gasteiger partial charge is 0.327 e. The van der Waals surface area contributed by atoms with Crippen molar-refractivity contribution in [3.05, 3.63) is 0 Å². The second-order valence-corrected chi connectivity index (χ2v) is 4.08. The lowest BCUT2D eigenvalue weighted by Gasteiger charge is -2.27. The van der Waals surface area contributed by atoms with Crippen LogP contribution in [0.15, 0.2) is 0 Å². The summed E-state index contributed by atoms with van der Waals surface area (Å²) in [6.45, 7) is 5.57. The zero-order valence-electron chi connectivity index (χ0n) is 9.26.